The molecule has 2 aliphatic heterocycles. The van der Waals surface area contributed by atoms with E-state index >= 15 is 0 Å². The molecule has 7 nitrogen and oxygen atoms in total. The molecule has 0 bridgehead atoms. The Bertz CT molecular complexity index is 1020. The number of nitrogens with zero attached hydrogens (tertiary/aromatic N) is 5. The van der Waals surface area contributed by atoms with Gasteiger partial charge in [0.2, 0.25) is 0 Å². The highest BCUT2D eigenvalue weighted by Crippen LogP contribution is 2.24. The number of ether oxygens (including phenoxy) is 1. The molecule has 3 aromatic rings. The quantitative estimate of drug-likeness (QED) is 0.498. The summed E-state index contributed by atoms with van der Waals surface area (Å²) in [6.45, 7) is 5.25. The molecule has 0 saturated carbocycles. The highest BCUT2D eigenvalue weighted by molar-refractivity contribution is 5.80. The molecule has 2 aromatic carbocycles. The summed E-state index contributed by atoms with van der Waals surface area (Å²) >= 11 is 0. The van der Waals surface area contributed by atoms with Crippen molar-refractivity contribution in [2.45, 2.75) is 25.2 Å². The third-order valence-electron chi connectivity index (χ3n) is 6.31. The Kier molecular flexibility index (Phi) is 6.18. The van der Waals surface area contributed by atoms with Crippen molar-refractivity contribution in [1.82, 2.24) is 24.9 Å². The zero-order valence-electron chi connectivity index (χ0n) is 18.5. The number of aromatic nitrogens is 2. The van der Waals surface area contributed by atoms with Crippen molar-refractivity contribution < 1.29 is 4.74 Å². The van der Waals surface area contributed by atoms with Crippen LogP contribution in [0.4, 0.5) is 0 Å². The van der Waals surface area contributed by atoms with Gasteiger partial charge in [-0.1, -0.05) is 42.5 Å². The van der Waals surface area contributed by atoms with Crippen molar-refractivity contribution in [3.05, 3.63) is 84.2 Å². The highest BCUT2D eigenvalue weighted by atomic mass is 16.5. The van der Waals surface area contributed by atoms with Crippen LogP contribution in [0.1, 0.15) is 11.1 Å². The molecular weight excluding hydrogens is 400 g/mol. The van der Waals surface area contributed by atoms with E-state index in [0.29, 0.717) is 6.04 Å². The van der Waals surface area contributed by atoms with E-state index in [-0.39, 0.29) is 6.10 Å². The molecule has 2 saturated heterocycles. The van der Waals surface area contributed by atoms with Crippen LogP contribution in [0.5, 0.6) is 0 Å². The number of guanidine groups is 1. The van der Waals surface area contributed by atoms with Gasteiger partial charge in [-0.25, -0.2) is 4.68 Å². The summed E-state index contributed by atoms with van der Waals surface area (Å²) in [5, 5.41) is 7.82. The fourth-order valence-corrected chi connectivity index (χ4v) is 4.65. The SMILES string of the molecule is CN=C(NCc1ccc(-n2cccn2)cc1)N1CC2OCCN(Cc3ccccc3)C2C1. The van der Waals surface area contributed by atoms with Crippen LogP contribution in [-0.2, 0) is 17.8 Å². The van der Waals surface area contributed by atoms with Gasteiger partial charge >= 0.3 is 0 Å². The van der Waals surface area contributed by atoms with Crippen LogP contribution in [-0.4, -0.2) is 71.0 Å². The lowest BCUT2D eigenvalue weighted by atomic mass is 10.1. The fraction of sp³-hybridized carbons (Fsp3) is 0.360. The number of likely N-dealkylation sites (tertiary alicyclic amines) is 1. The maximum atomic E-state index is 6.13. The molecule has 7 heteroatoms. The molecule has 0 spiro atoms. The minimum absolute atomic E-state index is 0.222. The zero-order valence-corrected chi connectivity index (χ0v) is 18.5. The first kappa shape index (κ1) is 20.7. The largest absolute Gasteiger partial charge is 0.373 e. The van der Waals surface area contributed by atoms with Crippen LogP contribution in [0.3, 0.4) is 0 Å². The second-order valence-electron chi connectivity index (χ2n) is 8.36. The minimum atomic E-state index is 0.222. The van der Waals surface area contributed by atoms with Crippen LogP contribution in [0.15, 0.2) is 78.0 Å². The number of aliphatic imine (C=N–C) groups is 1. The topological polar surface area (TPSA) is 57.9 Å². The molecule has 1 aromatic heterocycles. The maximum absolute atomic E-state index is 6.13. The van der Waals surface area contributed by atoms with E-state index < -0.39 is 0 Å². The number of nitrogens with one attached hydrogen (secondary N) is 1. The van der Waals surface area contributed by atoms with Crippen molar-refractivity contribution in [2.24, 2.45) is 4.99 Å². The van der Waals surface area contributed by atoms with Crippen LogP contribution in [0.25, 0.3) is 5.69 Å². The number of morpholine rings is 1. The van der Waals surface area contributed by atoms with E-state index in [0.717, 1.165) is 51.0 Å². The van der Waals surface area contributed by atoms with Crippen LogP contribution in [0.2, 0.25) is 0 Å². The molecule has 2 aliphatic rings. The van der Waals surface area contributed by atoms with Crippen LogP contribution < -0.4 is 5.32 Å². The van der Waals surface area contributed by atoms with Crippen molar-refractivity contribution in [2.75, 3.05) is 33.3 Å². The Morgan fingerprint density at radius 3 is 2.66 bits per heavy atom. The Morgan fingerprint density at radius 2 is 1.91 bits per heavy atom. The number of hydrogen-bond acceptors (Lipinski definition) is 4. The third-order valence-corrected chi connectivity index (χ3v) is 6.31. The van der Waals surface area contributed by atoms with Gasteiger partial charge in [-0.05, 0) is 29.3 Å². The summed E-state index contributed by atoms with van der Waals surface area (Å²) in [7, 11) is 1.85. The first-order valence-corrected chi connectivity index (χ1v) is 11.2. The Balaban J connectivity index is 1.19. The Labute approximate surface area is 189 Å². The fourth-order valence-electron chi connectivity index (χ4n) is 4.65. The summed E-state index contributed by atoms with van der Waals surface area (Å²) in [6, 6.07) is 21.5. The molecule has 5 rings (SSSR count). The minimum Gasteiger partial charge on any atom is -0.373 e. The van der Waals surface area contributed by atoms with Gasteiger partial charge in [0.15, 0.2) is 5.96 Å². The van der Waals surface area contributed by atoms with E-state index in [9.17, 15) is 0 Å². The lowest BCUT2D eigenvalue weighted by molar-refractivity contribution is -0.0502. The lowest BCUT2D eigenvalue weighted by Crippen LogP contribution is -2.50. The first-order chi connectivity index (χ1) is 15.8. The van der Waals surface area contributed by atoms with Crippen molar-refractivity contribution in [3.8, 4) is 5.69 Å². The number of hydrogen-bond donors (Lipinski definition) is 1. The standard InChI is InChI=1S/C25H30N6O/c1-26-25(27-16-20-8-10-22(11-9-20)31-13-5-12-28-31)30-18-23-24(19-30)32-15-14-29(23)17-21-6-3-2-4-7-21/h2-13,23-24H,14-19H2,1H3,(H,26,27). The summed E-state index contributed by atoms with van der Waals surface area (Å²) in [5.74, 6) is 0.929. The molecule has 3 heterocycles. The average Bonchev–Trinajstić information content (AvgIpc) is 3.52. The summed E-state index contributed by atoms with van der Waals surface area (Å²) in [5.41, 5.74) is 3.62. The van der Waals surface area contributed by atoms with Gasteiger partial charge in [-0.3, -0.25) is 9.89 Å². The molecule has 0 radical (unpaired) electrons. The lowest BCUT2D eigenvalue weighted by Gasteiger charge is -2.36. The Morgan fingerprint density at radius 1 is 1.06 bits per heavy atom. The summed E-state index contributed by atoms with van der Waals surface area (Å²) in [6.07, 6.45) is 3.96. The second-order valence-corrected chi connectivity index (χ2v) is 8.36. The van der Waals surface area contributed by atoms with E-state index in [1.165, 1.54) is 11.1 Å². The first-order valence-electron chi connectivity index (χ1n) is 11.2. The predicted molar refractivity (Wildman–Crippen MR) is 126 cm³/mol. The van der Waals surface area contributed by atoms with Gasteiger partial charge in [0.1, 0.15) is 0 Å². The highest BCUT2D eigenvalue weighted by Gasteiger charge is 2.41. The molecule has 2 fully saturated rings. The monoisotopic (exact) mass is 430 g/mol. The van der Waals surface area contributed by atoms with Crippen LogP contribution >= 0.6 is 0 Å². The van der Waals surface area contributed by atoms with Crippen molar-refractivity contribution in [3.63, 3.8) is 0 Å². The van der Waals surface area contributed by atoms with E-state index in [1.54, 1.807) is 6.20 Å². The predicted octanol–water partition coefficient (Wildman–Crippen LogP) is 2.53. The number of fused-ring (bicyclic) bond motifs is 1. The molecule has 0 amide bonds. The summed E-state index contributed by atoms with van der Waals surface area (Å²) < 4.78 is 8.00. The normalized spacial score (nSPS) is 21.5. The molecule has 2 unspecified atom stereocenters. The molecule has 2 atom stereocenters. The van der Waals surface area contributed by atoms with Gasteiger partial charge in [0.05, 0.1) is 24.4 Å². The van der Waals surface area contributed by atoms with Gasteiger partial charge in [-0.15, -0.1) is 0 Å². The molecule has 1 N–H and O–H groups in total. The van der Waals surface area contributed by atoms with Crippen molar-refractivity contribution in [1.29, 1.82) is 0 Å². The van der Waals surface area contributed by atoms with Crippen molar-refractivity contribution >= 4 is 5.96 Å². The van der Waals surface area contributed by atoms with Gasteiger partial charge in [0.25, 0.3) is 0 Å². The second kappa shape index (κ2) is 9.54. The molecule has 0 aliphatic carbocycles. The number of rotatable bonds is 5. The Hall–Kier alpha value is -3.16. The smallest absolute Gasteiger partial charge is 0.194 e. The third kappa shape index (κ3) is 4.54. The maximum Gasteiger partial charge on any atom is 0.194 e. The van der Waals surface area contributed by atoms with E-state index in [1.807, 2.05) is 24.0 Å². The van der Waals surface area contributed by atoms with Gasteiger partial charge < -0.3 is 15.0 Å². The summed E-state index contributed by atoms with van der Waals surface area (Å²) in [4.78, 5) is 9.44. The zero-order chi connectivity index (χ0) is 21.8. The van der Waals surface area contributed by atoms with E-state index in [4.69, 9.17) is 4.74 Å². The average molecular weight is 431 g/mol. The molecule has 32 heavy (non-hydrogen) atoms. The number of benzene rings is 2. The molecule has 166 valence electrons. The van der Waals surface area contributed by atoms with Gasteiger partial charge in [-0.2, -0.15) is 5.10 Å². The molecular formula is C25H30N6O. The van der Waals surface area contributed by atoms with E-state index in [2.05, 4.69) is 79.8 Å². The van der Waals surface area contributed by atoms with Gasteiger partial charge in [0, 0.05) is 52.2 Å². The van der Waals surface area contributed by atoms with Crippen LogP contribution in [0, 0.1) is 0 Å².